The lowest BCUT2D eigenvalue weighted by molar-refractivity contribution is -0.128. The van der Waals surface area contributed by atoms with E-state index in [0.29, 0.717) is 18.6 Å². The fourth-order valence-corrected chi connectivity index (χ4v) is 3.58. The summed E-state index contributed by atoms with van der Waals surface area (Å²) >= 11 is 5.92. The van der Waals surface area contributed by atoms with Gasteiger partial charge in [0.05, 0.1) is 23.1 Å². The van der Waals surface area contributed by atoms with Crippen LogP contribution in [0.5, 0.6) is 5.75 Å². The normalized spacial score (nSPS) is 21.7. The number of hydrogen-bond acceptors (Lipinski definition) is 5. The van der Waals surface area contributed by atoms with Gasteiger partial charge in [0, 0.05) is 6.54 Å². The molecule has 7 nitrogen and oxygen atoms in total. The number of carbonyl (C=O) groups is 1. The molecule has 9 heteroatoms. The molecule has 3 N–H and O–H groups in total. The molecule has 2 atom stereocenters. The Labute approximate surface area is 133 Å². The van der Waals surface area contributed by atoms with Crippen LogP contribution in [0, 0.1) is 0 Å². The third-order valence-electron chi connectivity index (χ3n) is 3.36. The van der Waals surface area contributed by atoms with Gasteiger partial charge in [-0.15, -0.1) is 0 Å². The largest absolute Gasteiger partial charge is 0.495 e. The number of benzene rings is 1. The van der Waals surface area contributed by atoms with Crippen LogP contribution in [0.1, 0.15) is 12.8 Å². The second-order valence-electron chi connectivity index (χ2n) is 4.87. The third kappa shape index (κ3) is 3.89. The van der Waals surface area contributed by atoms with E-state index >= 15 is 0 Å². The minimum Gasteiger partial charge on any atom is -0.495 e. The zero-order valence-electron chi connectivity index (χ0n) is 11.9. The maximum Gasteiger partial charge on any atom is 0.246 e. The van der Waals surface area contributed by atoms with Crippen molar-refractivity contribution in [3.63, 3.8) is 0 Å². The lowest BCUT2D eigenvalue weighted by Gasteiger charge is -2.13. The van der Waals surface area contributed by atoms with Gasteiger partial charge in [0.2, 0.25) is 15.9 Å². The molecule has 1 aromatic rings. The first-order chi connectivity index (χ1) is 10.3. The van der Waals surface area contributed by atoms with Crippen LogP contribution in [0.15, 0.2) is 23.1 Å². The molecule has 22 heavy (non-hydrogen) atoms. The molecule has 0 saturated carbocycles. The van der Waals surface area contributed by atoms with Crippen molar-refractivity contribution in [1.82, 2.24) is 4.72 Å². The average molecular weight is 349 g/mol. The standard InChI is InChI=1S/C13H17ClN2O5S/c1-20-11-5-3-9(6-10(11)14)22(18,19)16-7-8-2-4-12(21-8)13(15)17/h3,5-6,8,12,16H,2,4,7H2,1H3,(H2,15,17)/t8-,12-/m0/s1. The molecule has 0 aromatic heterocycles. The lowest BCUT2D eigenvalue weighted by Crippen LogP contribution is -2.34. The van der Waals surface area contributed by atoms with E-state index in [1.807, 2.05) is 0 Å². The number of halogens is 1. The number of ether oxygens (including phenoxy) is 2. The molecule has 0 bridgehead atoms. The van der Waals surface area contributed by atoms with Crippen LogP contribution < -0.4 is 15.2 Å². The molecule has 1 saturated heterocycles. The Hall–Kier alpha value is -1.35. The topological polar surface area (TPSA) is 108 Å². The van der Waals surface area contributed by atoms with Crippen molar-refractivity contribution in [3.8, 4) is 5.75 Å². The van der Waals surface area contributed by atoms with Crippen molar-refractivity contribution in [2.45, 2.75) is 29.9 Å². The average Bonchev–Trinajstić information content (AvgIpc) is 2.94. The highest BCUT2D eigenvalue weighted by Gasteiger charge is 2.30. The molecule has 1 amide bonds. The first-order valence-corrected chi connectivity index (χ1v) is 8.47. The van der Waals surface area contributed by atoms with Gasteiger partial charge in [0.1, 0.15) is 11.9 Å². The Balaban J connectivity index is 2.00. The van der Waals surface area contributed by atoms with Crippen LogP contribution in [0.2, 0.25) is 5.02 Å². The van der Waals surface area contributed by atoms with Crippen LogP contribution in [0.3, 0.4) is 0 Å². The molecule has 0 spiro atoms. The molecule has 0 unspecified atom stereocenters. The van der Waals surface area contributed by atoms with Crippen molar-refractivity contribution in [2.75, 3.05) is 13.7 Å². The SMILES string of the molecule is COc1ccc(S(=O)(=O)NC[C@@H]2CC[C@@H](C(N)=O)O2)cc1Cl. The van der Waals surface area contributed by atoms with E-state index in [4.69, 9.17) is 26.8 Å². The van der Waals surface area contributed by atoms with Crippen molar-refractivity contribution in [3.05, 3.63) is 23.2 Å². The first kappa shape index (κ1) is 17.0. The van der Waals surface area contributed by atoms with Crippen molar-refractivity contribution < 1.29 is 22.7 Å². The zero-order chi connectivity index (χ0) is 16.3. The third-order valence-corrected chi connectivity index (χ3v) is 5.08. The smallest absolute Gasteiger partial charge is 0.246 e. The first-order valence-electron chi connectivity index (χ1n) is 6.61. The summed E-state index contributed by atoms with van der Waals surface area (Å²) < 4.78 is 37.2. The molecule has 1 fully saturated rings. The van der Waals surface area contributed by atoms with E-state index in [1.165, 1.54) is 25.3 Å². The van der Waals surface area contributed by atoms with Crippen LogP contribution in [0.4, 0.5) is 0 Å². The monoisotopic (exact) mass is 348 g/mol. The van der Waals surface area contributed by atoms with E-state index < -0.39 is 22.0 Å². The molecule has 0 radical (unpaired) electrons. The van der Waals surface area contributed by atoms with Gasteiger partial charge in [-0.3, -0.25) is 4.79 Å². The second kappa shape index (κ2) is 6.82. The summed E-state index contributed by atoms with van der Waals surface area (Å²) in [5.74, 6) is -0.142. The Morgan fingerprint density at radius 1 is 1.50 bits per heavy atom. The molecular formula is C13H17ClN2O5S. The van der Waals surface area contributed by atoms with Crippen molar-refractivity contribution in [2.24, 2.45) is 5.73 Å². The number of nitrogens with one attached hydrogen (secondary N) is 1. The van der Waals surface area contributed by atoms with Gasteiger partial charge in [-0.05, 0) is 31.0 Å². The second-order valence-corrected chi connectivity index (χ2v) is 7.05. The summed E-state index contributed by atoms with van der Waals surface area (Å²) in [4.78, 5) is 11.0. The van der Waals surface area contributed by atoms with Gasteiger partial charge in [-0.25, -0.2) is 13.1 Å². The molecule has 2 rings (SSSR count). The quantitative estimate of drug-likeness (QED) is 0.785. The van der Waals surface area contributed by atoms with Crippen molar-refractivity contribution >= 4 is 27.5 Å². The fraction of sp³-hybridized carbons (Fsp3) is 0.462. The van der Waals surface area contributed by atoms with E-state index in [9.17, 15) is 13.2 Å². The molecule has 1 aliphatic heterocycles. The number of rotatable bonds is 6. The van der Waals surface area contributed by atoms with E-state index in [1.54, 1.807) is 0 Å². The Morgan fingerprint density at radius 2 is 2.23 bits per heavy atom. The predicted molar refractivity (Wildman–Crippen MR) is 80.3 cm³/mol. The zero-order valence-corrected chi connectivity index (χ0v) is 13.5. The maximum absolute atomic E-state index is 12.2. The van der Waals surface area contributed by atoms with Crippen LogP contribution in [0.25, 0.3) is 0 Å². The highest BCUT2D eigenvalue weighted by molar-refractivity contribution is 7.89. The summed E-state index contributed by atoms with van der Waals surface area (Å²) in [7, 11) is -2.27. The summed E-state index contributed by atoms with van der Waals surface area (Å²) in [6.45, 7) is 0.0652. The number of sulfonamides is 1. The number of hydrogen-bond donors (Lipinski definition) is 2. The number of amides is 1. The van der Waals surface area contributed by atoms with Gasteiger partial charge in [0.15, 0.2) is 0 Å². The molecular weight excluding hydrogens is 332 g/mol. The van der Waals surface area contributed by atoms with E-state index in [0.717, 1.165) is 0 Å². The minimum absolute atomic E-state index is 0.0303. The minimum atomic E-state index is -3.72. The summed E-state index contributed by atoms with van der Waals surface area (Å²) in [5.41, 5.74) is 5.15. The van der Waals surface area contributed by atoms with E-state index in [-0.39, 0.29) is 22.6 Å². The predicted octanol–water partition coefficient (Wildman–Crippen LogP) is 0.660. The van der Waals surface area contributed by atoms with Crippen LogP contribution in [-0.4, -0.2) is 40.2 Å². The lowest BCUT2D eigenvalue weighted by atomic mass is 10.2. The van der Waals surface area contributed by atoms with Crippen LogP contribution in [-0.2, 0) is 19.6 Å². The molecule has 122 valence electrons. The summed E-state index contributed by atoms with van der Waals surface area (Å²) in [6, 6.07) is 4.19. The van der Waals surface area contributed by atoms with Crippen LogP contribution >= 0.6 is 11.6 Å². The van der Waals surface area contributed by atoms with Gasteiger partial charge in [0.25, 0.3) is 0 Å². The molecule has 0 aliphatic carbocycles. The number of carbonyl (C=O) groups excluding carboxylic acids is 1. The Bertz CT molecular complexity index is 664. The highest BCUT2D eigenvalue weighted by Crippen LogP contribution is 2.27. The van der Waals surface area contributed by atoms with Crippen molar-refractivity contribution in [1.29, 1.82) is 0 Å². The Kier molecular flexibility index (Phi) is 5.28. The van der Waals surface area contributed by atoms with Gasteiger partial charge < -0.3 is 15.2 Å². The number of methoxy groups -OCH3 is 1. The highest BCUT2D eigenvalue weighted by atomic mass is 35.5. The van der Waals surface area contributed by atoms with Gasteiger partial charge >= 0.3 is 0 Å². The summed E-state index contributed by atoms with van der Waals surface area (Å²) in [5, 5.41) is 0.205. The molecule has 1 heterocycles. The molecule has 1 aliphatic rings. The van der Waals surface area contributed by atoms with Gasteiger partial charge in [-0.1, -0.05) is 11.6 Å². The summed E-state index contributed by atoms with van der Waals surface area (Å²) in [6.07, 6.45) is 0.0428. The van der Waals surface area contributed by atoms with E-state index in [2.05, 4.69) is 4.72 Å². The maximum atomic E-state index is 12.2. The molecule has 1 aromatic carbocycles. The Morgan fingerprint density at radius 3 is 2.77 bits per heavy atom. The number of nitrogens with two attached hydrogens (primary N) is 1. The number of primary amides is 1. The van der Waals surface area contributed by atoms with Gasteiger partial charge in [-0.2, -0.15) is 0 Å². The fourth-order valence-electron chi connectivity index (χ4n) is 2.17.